The Morgan fingerprint density at radius 1 is 1.02 bits per heavy atom. The summed E-state index contributed by atoms with van der Waals surface area (Å²) in [6.07, 6.45) is 0.737. The normalized spacial score (nSPS) is 12.6. The van der Waals surface area contributed by atoms with E-state index in [9.17, 15) is 14.7 Å². The van der Waals surface area contributed by atoms with Gasteiger partial charge in [-0.15, -0.1) is 0 Å². The van der Waals surface area contributed by atoms with Gasteiger partial charge in [-0.25, -0.2) is 4.79 Å². The van der Waals surface area contributed by atoms with Crippen molar-refractivity contribution in [2.75, 3.05) is 20.8 Å². The van der Waals surface area contributed by atoms with Crippen molar-refractivity contribution in [2.24, 2.45) is 0 Å². The summed E-state index contributed by atoms with van der Waals surface area (Å²) in [6, 6.07) is 18.0. The molecule has 1 amide bonds. The van der Waals surface area contributed by atoms with Crippen molar-refractivity contribution in [3.05, 3.63) is 88.6 Å². The number of ether oxygens (including phenoxy) is 3. The van der Waals surface area contributed by atoms with Gasteiger partial charge < -0.3 is 29.2 Å². The lowest BCUT2D eigenvalue weighted by molar-refractivity contribution is 0.0528. The van der Waals surface area contributed by atoms with Crippen molar-refractivity contribution >= 4 is 11.9 Å². The monoisotopic (exact) mass is 554 g/mol. The van der Waals surface area contributed by atoms with Gasteiger partial charge in [-0.2, -0.15) is 0 Å². The minimum absolute atomic E-state index is 0.121. The van der Waals surface area contributed by atoms with Crippen molar-refractivity contribution in [2.45, 2.75) is 39.8 Å². The Hall–Kier alpha value is -4.72. The van der Waals surface area contributed by atoms with E-state index >= 15 is 0 Å². The average molecular weight is 555 g/mol. The summed E-state index contributed by atoms with van der Waals surface area (Å²) >= 11 is 0. The van der Waals surface area contributed by atoms with Crippen LogP contribution in [0.25, 0.3) is 22.4 Å². The molecular weight excluding hydrogens is 520 g/mol. The maximum Gasteiger partial charge on any atom is 0.340 e. The second-order valence-corrected chi connectivity index (χ2v) is 10.0. The van der Waals surface area contributed by atoms with Gasteiger partial charge in [-0.1, -0.05) is 36.4 Å². The molecule has 4 aromatic rings. The standard InChI is InChI=1S/C33H34N2O6/c1-6-41-33(38)30-29(20(3)35-15-14-22-17-27(39-4)28(40-5)18-24(22)31(30)35)23-12-13-26(36)25(16-23)32(37)34-19(2)21-10-8-7-9-11-21/h7-13,16-19,36H,6,14-15H2,1-5H3,(H,34,37)/t19-/m0/s1. The number of aromatic nitrogens is 1. The number of nitrogens with one attached hydrogen (secondary N) is 1. The summed E-state index contributed by atoms with van der Waals surface area (Å²) in [5, 5.41) is 13.7. The maximum atomic E-state index is 13.6. The minimum atomic E-state index is -0.459. The molecule has 1 atom stereocenters. The van der Waals surface area contributed by atoms with E-state index in [1.807, 2.05) is 56.3 Å². The van der Waals surface area contributed by atoms with E-state index in [0.717, 1.165) is 34.5 Å². The predicted molar refractivity (Wildman–Crippen MR) is 157 cm³/mol. The molecule has 0 saturated carbocycles. The van der Waals surface area contributed by atoms with Gasteiger partial charge >= 0.3 is 5.97 Å². The lowest BCUT2D eigenvalue weighted by Crippen LogP contribution is -2.26. The number of carbonyl (C=O) groups excluding carboxylic acids is 2. The molecule has 5 rings (SSSR count). The zero-order chi connectivity index (χ0) is 29.3. The van der Waals surface area contributed by atoms with Gasteiger partial charge in [-0.05, 0) is 68.1 Å². The first kappa shape index (κ1) is 27.8. The van der Waals surface area contributed by atoms with Crippen molar-refractivity contribution in [1.29, 1.82) is 0 Å². The van der Waals surface area contributed by atoms with Gasteiger partial charge in [0, 0.05) is 23.4 Å². The van der Waals surface area contributed by atoms with Gasteiger partial charge in [0.2, 0.25) is 0 Å². The van der Waals surface area contributed by atoms with E-state index in [1.54, 1.807) is 33.3 Å². The van der Waals surface area contributed by atoms with Crippen LogP contribution < -0.4 is 14.8 Å². The van der Waals surface area contributed by atoms with Crippen LogP contribution in [0.4, 0.5) is 0 Å². The zero-order valence-corrected chi connectivity index (χ0v) is 23.9. The summed E-state index contributed by atoms with van der Waals surface area (Å²) in [5.41, 5.74) is 6.25. The fraction of sp³-hybridized carbons (Fsp3) is 0.273. The van der Waals surface area contributed by atoms with Gasteiger partial charge in [0.15, 0.2) is 11.5 Å². The molecule has 0 unspecified atom stereocenters. The Morgan fingerprint density at radius 3 is 2.41 bits per heavy atom. The van der Waals surface area contributed by atoms with Gasteiger partial charge in [-0.3, -0.25) is 4.79 Å². The van der Waals surface area contributed by atoms with Crippen LogP contribution in [-0.2, 0) is 17.7 Å². The molecule has 212 valence electrons. The second-order valence-electron chi connectivity index (χ2n) is 10.0. The highest BCUT2D eigenvalue weighted by molar-refractivity contribution is 6.06. The van der Waals surface area contributed by atoms with Crippen molar-refractivity contribution < 1.29 is 28.9 Å². The minimum Gasteiger partial charge on any atom is -0.507 e. The number of esters is 1. The SMILES string of the molecule is CCOC(=O)c1c(-c2ccc(O)c(C(=O)N[C@@H](C)c3ccccc3)c2)c(C)n2c1-c1cc(OC)c(OC)cc1CC2. The highest BCUT2D eigenvalue weighted by Gasteiger charge is 2.33. The third-order valence-electron chi connectivity index (χ3n) is 7.65. The number of benzene rings is 3. The summed E-state index contributed by atoms with van der Waals surface area (Å²) in [4.78, 5) is 26.9. The number of hydrogen-bond donors (Lipinski definition) is 2. The number of nitrogens with zero attached hydrogens (tertiary/aromatic N) is 1. The number of aromatic hydroxyl groups is 1. The fourth-order valence-corrected chi connectivity index (χ4v) is 5.61. The molecule has 8 heteroatoms. The van der Waals surface area contributed by atoms with Gasteiger partial charge in [0.1, 0.15) is 5.75 Å². The van der Waals surface area contributed by atoms with Crippen LogP contribution >= 0.6 is 0 Å². The lowest BCUT2D eigenvalue weighted by atomic mass is 9.92. The molecular formula is C33H34N2O6. The molecule has 2 heterocycles. The zero-order valence-electron chi connectivity index (χ0n) is 23.9. The molecule has 1 aliphatic rings. The Morgan fingerprint density at radius 2 is 1.73 bits per heavy atom. The molecule has 0 spiro atoms. The number of phenolic OH excluding ortho intramolecular Hbond substituents is 1. The Kier molecular flexibility index (Phi) is 7.75. The number of carbonyl (C=O) groups is 2. The number of fused-ring (bicyclic) bond motifs is 3. The van der Waals surface area contributed by atoms with Gasteiger partial charge in [0.25, 0.3) is 5.91 Å². The van der Waals surface area contributed by atoms with Crippen molar-refractivity contribution in [3.8, 4) is 39.6 Å². The van der Waals surface area contributed by atoms with E-state index < -0.39 is 11.9 Å². The fourth-order valence-electron chi connectivity index (χ4n) is 5.61. The van der Waals surface area contributed by atoms with Crippen LogP contribution in [0.15, 0.2) is 60.7 Å². The molecule has 1 aromatic heterocycles. The predicted octanol–water partition coefficient (Wildman–Crippen LogP) is 6.08. The van der Waals surface area contributed by atoms with Crippen LogP contribution in [0.1, 0.15) is 57.4 Å². The van der Waals surface area contributed by atoms with E-state index in [4.69, 9.17) is 14.2 Å². The number of phenols is 1. The number of hydrogen-bond acceptors (Lipinski definition) is 6. The van der Waals surface area contributed by atoms with Crippen molar-refractivity contribution in [3.63, 3.8) is 0 Å². The first-order valence-electron chi connectivity index (χ1n) is 13.6. The average Bonchev–Trinajstić information content (AvgIpc) is 3.29. The largest absolute Gasteiger partial charge is 0.507 e. The van der Waals surface area contributed by atoms with Crippen LogP contribution in [0.2, 0.25) is 0 Å². The van der Waals surface area contributed by atoms with Crippen molar-refractivity contribution in [1.82, 2.24) is 9.88 Å². The highest BCUT2D eigenvalue weighted by atomic mass is 16.5. The summed E-state index contributed by atoms with van der Waals surface area (Å²) in [7, 11) is 3.18. The van der Waals surface area contributed by atoms with Crippen LogP contribution in [0.3, 0.4) is 0 Å². The Bertz CT molecular complexity index is 1620. The number of methoxy groups -OCH3 is 2. The maximum absolute atomic E-state index is 13.6. The summed E-state index contributed by atoms with van der Waals surface area (Å²) in [5.74, 6) is 0.166. The smallest absolute Gasteiger partial charge is 0.340 e. The molecule has 3 aromatic carbocycles. The highest BCUT2D eigenvalue weighted by Crippen LogP contribution is 2.45. The first-order valence-corrected chi connectivity index (χ1v) is 13.6. The van der Waals surface area contributed by atoms with Crippen LogP contribution in [0, 0.1) is 6.92 Å². The third-order valence-corrected chi connectivity index (χ3v) is 7.65. The third kappa shape index (κ3) is 5.01. The number of rotatable bonds is 8. The molecule has 0 fully saturated rings. The molecule has 8 nitrogen and oxygen atoms in total. The Labute approximate surface area is 239 Å². The number of amides is 1. The second kappa shape index (κ2) is 11.4. The molecule has 41 heavy (non-hydrogen) atoms. The number of aryl methyl sites for hydroxylation is 1. The van der Waals surface area contributed by atoms with E-state index in [1.165, 1.54) is 6.07 Å². The van der Waals surface area contributed by atoms with Gasteiger partial charge in [0.05, 0.1) is 43.7 Å². The molecule has 0 bridgehead atoms. The quantitative estimate of drug-likeness (QED) is 0.256. The topological polar surface area (TPSA) is 99.0 Å². The lowest BCUT2D eigenvalue weighted by Gasteiger charge is -2.23. The van der Waals surface area contributed by atoms with E-state index in [0.29, 0.717) is 34.7 Å². The molecule has 0 aliphatic carbocycles. The van der Waals surface area contributed by atoms with Crippen LogP contribution in [0.5, 0.6) is 17.2 Å². The van der Waals surface area contributed by atoms with Crippen LogP contribution in [-0.4, -0.2) is 42.4 Å². The molecule has 1 aliphatic heterocycles. The Balaban J connectivity index is 1.65. The summed E-state index contributed by atoms with van der Waals surface area (Å²) in [6.45, 7) is 6.47. The van der Waals surface area contributed by atoms with E-state index in [-0.39, 0.29) is 24.0 Å². The summed E-state index contributed by atoms with van der Waals surface area (Å²) < 4.78 is 18.8. The molecule has 0 radical (unpaired) electrons. The molecule has 0 saturated heterocycles. The first-order chi connectivity index (χ1) is 19.8. The van der Waals surface area contributed by atoms with E-state index in [2.05, 4.69) is 9.88 Å². The molecule has 2 N–H and O–H groups in total.